The molecule has 154 valence electrons. The number of hydrogen-bond donors (Lipinski definition) is 3. The third-order valence-electron chi connectivity index (χ3n) is 4.03. The molecule has 3 aromatic rings. The van der Waals surface area contributed by atoms with Crippen molar-refractivity contribution in [3.05, 3.63) is 74.5 Å². The van der Waals surface area contributed by atoms with Crippen LogP contribution in [0.4, 0.5) is 23.0 Å². The molecule has 0 saturated carbocycles. The third-order valence-corrected chi connectivity index (χ3v) is 4.72. The lowest BCUT2D eigenvalue weighted by molar-refractivity contribution is -0.383. The average Bonchev–Trinajstić information content (AvgIpc) is 2.72. The van der Waals surface area contributed by atoms with Crippen LogP contribution in [-0.4, -0.2) is 27.9 Å². The Labute approximate surface area is 179 Å². The summed E-state index contributed by atoms with van der Waals surface area (Å²) in [4.78, 5) is 31.3. The van der Waals surface area contributed by atoms with Crippen LogP contribution in [-0.2, 0) is 0 Å². The molecule has 1 heterocycles. The lowest BCUT2D eigenvalue weighted by Crippen LogP contribution is -2.30. The number of methoxy groups -OCH3 is 1. The quantitative estimate of drug-likeness (QED) is 0.347. The van der Waals surface area contributed by atoms with Crippen molar-refractivity contribution in [3.63, 3.8) is 0 Å². The zero-order valence-corrected chi connectivity index (χ0v) is 17.6. The van der Waals surface area contributed by atoms with Crippen LogP contribution in [0.3, 0.4) is 0 Å². The van der Waals surface area contributed by atoms with Crippen LogP contribution in [0.25, 0.3) is 0 Å². The summed E-state index contributed by atoms with van der Waals surface area (Å²) in [6.07, 6.45) is 1.14. The van der Waals surface area contributed by atoms with Gasteiger partial charge in [-0.05, 0) is 52.7 Å². The molecule has 3 N–H and O–H groups in total. The van der Waals surface area contributed by atoms with E-state index in [2.05, 4.69) is 42.1 Å². The minimum atomic E-state index is -0.641. The normalized spacial score (nSPS) is 10.2. The molecule has 0 spiro atoms. The number of carbonyl (C=O) groups is 1. The first-order valence-electron chi connectivity index (χ1n) is 8.62. The summed E-state index contributed by atoms with van der Waals surface area (Å²) in [5.74, 6) is -0.239. The number of rotatable bonds is 7. The summed E-state index contributed by atoms with van der Waals surface area (Å²) in [5, 5.41) is 14.6. The number of benzene rings is 2. The van der Waals surface area contributed by atoms with Crippen LogP contribution >= 0.6 is 15.9 Å². The van der Waals surface area contributed by atoms with Crippen LogP contribution in [0.15, 0.2) is 53.3 Å². The predicted molar refractivity (Wildman–Crippen MR) is 115 cm³/mol. The van der Waals surface area contributed by atoms with E-state index in [1.165, 1.54) is 7.11 Å². The number of carbonyl (C=O) groups excluding carboxylic acids is 1. The number of aryl methyl sites for hydroxylation is 1. The zero-order chi connectivity index (χ0) is 21.7. The molecule has 0 unspecified atom stereocenters. The van der Waals surface area contributed by atoms with Gasteiger partial charge in [-0.2, -0.15) is 0 Å². The number of nitrogens with one attached hydrogen (secondary N) is 3. The van der Waals surface area contributed by atoms with E-state index >= 15 is 0 Å². The number of anilines is 3. The fourth-order valence-corrected chi connectivity index (χ4v) is 3.08. The number of amides is 1. The molecule has 0 atom stereocenters. The smallest absolute Gasteiger partial charge is 0.355 e. The Morgan fingerprint density at radius 3 is 2.60 bits per heavy atom. The number of hydrogen-bond acceptors (Lipinski definition) is 8. The summed E-state index contributed by atoms with van der Waals surface area (Å²) < 4.78 is 5.87. The molecule has 30 heavy (non-hydrogen) atoms. The minimum Gasteiger partial charge on any atom is -0.495 e. The lowest BCUT2D eigenvalue weighted by Gasteiger charge is -2.13. The number of nitro groups is 1. The molecule has 0 bridgehead atoms. The molecular formula is C19H17BrN6O4. The highest BCUT2D eigenvalue weighted by atomic mass is 79.9. The number of nitrogens with zero attached hydrogens (tertiary/aromatic N) is 3. The van der Waals surface area contributed by atoms with Gasteiger partial charge in [0.2, 0.25) is 11.6 Å². The van der Waals surface area contributed by atoms with Crippen molar-refractivity contribution in [3.8, 4) is 5.75 Å². The summed E-state index contributed by atoms with van der Waals surface area (Å²) in [7, 11) is 1.49. The van der Waals surface area contributed by atoms with Crippen molar-refractivity contribution in [2.75, 3.05) is 17.9 Å². The first-order valence-corrected chi connectivity index (χ1v) is 9.42. The van der Waals surface area contributed by atoms with Gasteiger partial charge < -0.3 is 10.1 Å². The highest BCUT2D eigenvalue weighted by molar-refractivity contribution is 9.10. The van der Waals surface area contributed by atoms with Gasteiger partial charge in [0.15, 0.2) is 0 Å². The van der Waals surface area contributed by atoms with Gasteiger partial charge >= 0.3 is 5.69 Å². The number of aromatic nitrogens is 2. The van der Waals surface area contributed by atoms with Gasteiger partial charge in [-0.1, -0.05) is 18.2 Å². The molecule has 0 aliphatic rings. The molecule has 3 rings (SSSR count). The maximum Gasteiger partial charge on any atom is 0.355 e. The number of halogens is 1. The van der Waals surface area contributed by atoms with Crippen LogP contribution in [0, 0.1) is 17.0 Å². The van der Waals surface area contributed by atoms with Crippen LogP contribution in [0.1, 0.15) is 15.9 Å². The molecule has 0 saturated heterocycles. The van der Waals surface area contributed by atoms with Crippen molar-refractivity contribution in [2.24, 2.45) is 0 Å². The first kappa shape index (κ1) is 21.0. The van der Waals surface area contributed by atoms with Gasteiger partial charge in [-0.15, -0.1) is 0 Å². The second kappa shape index (κ2) is 9.18. The highest BCUT2D eigenvalue weighted by Gasteiger charge is 2.24. The van der Waals surface area contributed by atoms with Gasteiger partial charge in [0, 0.05) is 4.47 Å². The molecule has 0 radical (unpaired) electrons. The monoisotopic (exact) mass is 472 g/mol. The Bertz CT molecular complexity index is 1110. The predicted octanol–water partition coefficient (Wildman–Crippen LogP) is 3.96. The van der Waals surface area contributed by atoms with E-state index in [1.54, 1.807) is 36.4 Å². The van der Waals surface area contributed by atoms with E-state index in [0.717, 1.165) is 11.9 Å². The second-order valence-electron chi connectivity index (χ2n) is 6.06. The minimum absolute atomic E-state index is 0.0588. The van der Waals surface area contributed by atoms with Crippen molar-refractivity contribution in [1.29, 1.82) is 0 Å². The van der Waals surface area contributed by atoms with Crippen molar-refractivity contribution in [2.45, 2.75) is 6.92 Å². The van der Waals surface area contributed by atoms with Crippen molar-refractivity contribution in [1.82, 2.24) is 15.4 Å². The summed E-state index contributed by atoms with van der Waals surface area (Å²) >= 11 is 3.28. The van der Waals surface area contributed by atoms with Crippen LogP contribution in [0.5, 0.6) is 5.75 Å². The maximum absolute atomic E-state index is 12.4. The number of ether oxygens (including phenoxy) is 1. The SMILES string of the molecule is COc1ccc(C)cc1Nc1ncnc(NNC(=O)c2ccccc2Br)c1[N+](=O)[O-]. The first-order chi connectivity index (χ1) is 14.4. The molecular weight excluding hydrogens is 456 g/mol. The van der Waals surface area contributed by atoms with E-state index in [4.69, 9.17) is 4.74 Å². The number of hydrazine groups is 1. The van der Waals surface area contributed by atoms with Crippen molar-refractivity contribution >= 4 is 44.8 Å². The summed E-state index contributed by atoms with van der Waals surface area (Å²) in [6, 6.07) is 12.1. The molecule has 1 amide bonds. The third kappa shape index (κ3) is 4.63. The fraction of sp³-hybridized carbons (Fsp3) is 0.105. The average molecular weight is 473 g/mol. The molecule has 11 heteroatoms. The Kier molecular flexibility index (Phi) is 6.42. The van der Waals surface area contributed by atoms with E-state index < -0.39 is 16.5 Å². The van der Waals surface area contributed by atoms with Gasteiger partial charge in [0.25, 0.3) is 5.91 Å². The molecule has 2 aromatic carbocycles. The Morgan fingerprint density at radius 2 is 1.90 bits per heavy atom. The zero-order valence-electron chi connectivity index (χ0n) is 16.0. The Hall–Kier alpha value is -3.73. The van der Waals surface area contributed by atoms with Crippen LogP contribution < -0.4 is 20.9 Å². The summed E-state index contributed by atoms with van der Waals surface area (Å²) in [6.45, 7) is 1.88. The maximum atomic E-state index is 12.4. The van der Waals surface area contributed by atoms with E-state index in [-0.39, 0.29) is 11.6 Å². The molecule has 0 aliphatic carbocycles. The van der Waals surface area contributed by atoms with Crippen LogP contribution in [0.2, 0.25) is 0 Å². The Balaban J connectivity index is 1.88. The van der Waals surface area contributed by atoms with E-state index in [0.29, 0.717) is 21.5 Å². The highest BCUT2D eigenvalue weighted by Crippen LogP contribution is 2.34. The lowest BCUT2D eigenvalue weighted by atomic mass is 10.2. The topological polar surface area (TPSA) is 131 Å². The fourth-order valence-electron chi connectivity index (χ4n) is 2.61. The van der Waals surface area contributed by atoms with Gasteiger partial charge in [0.05, 0.1) is 23.3 Å². The van der Waals surface area contributed by atoms with Gasteiger partial charge in [-0.25, -0.2) is 9.97 Å². The van der Waals surface area contributed by atoms with Gasteiger partial charge in [-0.3, -0.25) is 25.8 Å². The molecule has 0 fully saturated rings. The van der Waals surface area contributed by atoms with Crippen molar-refractivity contribution < 1.29 is 14.5 Å². The molecule has 10 nitrogen and oxygen atoms in total. The van der Waals surface area contributed by atoms with E-state index in [1.807, 2.05) is 13.0 Å². The summed E-state index contributed by atoms with van der Waals surface area (Å²) in [5.41, 5.74) is 6.25. The largest absolute Gasteiger partial charge is 0.495 e. The second-order valence-corrected chi connectivity index (χ2v) is 6.92. The Morgan fingerprint density at radius 1 is 1.17 bits per heavy atom. The van der Waals surface area contributed by atoms with E-state index in [9.17, 15) is 14.9 Å². The molecule has 1 aromatic heterocycles. The van der Waals surface area contributed by atoms with Gasteiger partial charge in [0.1, 0.15) is 12.1 Å². The standard InChI is InChI=1S/C19H17BrN6O4/c1-11-7-8-15(30-2)14(9-11)23-17-16(26(28)29)18(22-10-21-17)24-25-19(27)12-5-3-4-6-13(12)20/h3-10H,1-2H3,(H,25,27)(H2,21,22,23,24). The molecule has 0 aliphatic heterocycles.